The van der Waals surface area contributed by atoms with Gasteiger partial charge in [0.2, 0.25) is 6.43 Å². The van der Waals surface area contributed by atoms with Crippen molar-refractivity contribution in [1.29, 1.82) is 0 Å². The second kappa shape index (κ2) is 9.82. The zero-order valence-electron chi connectivity index (χ0n) is 21.2. The summed E-state index contributed by atoms with van der Waals surface area (Å²) >= 11 is 0. The molecule has 0 spiro atoms. The highest BCUT2D eigenvalue weighted by atomic mass is 31.1. The second-order valence-corrected chi connectivity index (χ2v) is 12.4. The van der Waals surface area contributed by atoms with Gasteiger partial charge in [0, 0.05) is 0 Å². The van der Waals surface area contributed by atoms with Crippen LogP contribution in [0.4, 0.5) is 0 Å². The van der Waals surface area contributed by atoms with E-state index in [0.717, 1.165) is 12.8 Å². The molecule has 170 valence electrons. The van der Waals surface area contributed by atoms with Crippen molar-refractivity contribution in [1.82, 2.24) is 0 Å². The summed E-state index contributed by atoms with van der Waals surface area (Å²) in [7, 11) is -0.329. The maximum Gasteiger partial charge on any atom is 0.207 e. The van der Waals surface area contributed by atoms with Crippen LogP contribution in [-0.2, 0) is 0 Å². The van der Waals surface area contributed by atoms with Gasteiger partial charge in [-0.05, 0) is 82.7 Å². The first-order valence-electron chi connectivity index (χ1n) is 12.1. The molecule has 1 aliphatic heterocycles. The Morgan fingerprint density at radius 1 is 1.26 bits per heavy atom. The van der Waals surface area contributed by atoms with E-state index in [1.165, 1.54) is 44.2 Å². The minimum Gasteiger partial charge on any atom is -0.115 e. The Bertz CT molecular complexity index is 1280. The van der Waals surface area contributed by atoms with Gasteiger partial charge < -0.3 is 0 Å². The van der Waals surface area contributed by atoms with Crippen LogP contribution in [0.15, 0.2) is 101 Å². The quantitative estimate of drug-likeness (QED) is 0.184. The fraction of sp³-hybridized carbons (Fsp3) is 0.250. The molecule has 0 nitrogen and oxygen atoms in total. The van der Waals surface area contributed by atoms with Gasteiger partial charge in [-0.25, -0.2) is 0 Å². The largest absolute Gasteiger partial charge is 0.207 e. The number of hydrogen-bond acceptors (Lipinski definition) is 0. The number of allylic oxidation sites excluding steroid dienone is 15. The maximum atomic E-state index is 5.44. The predicted molar refractivity (Wildman–Crippen MR) is 156 cm³/mol. The lowest BCUT2D eigenvalue weighted by Crippen LogP contribution is -2.33. The van der Waals surface area contributed by atoms with Gasteiger partial charge in [0.1, 0.15) is 0 Å². The molecule has 34 heavy (non-hydrogen) atoms. The maximum absolute atomic E-state index is 5.44. The van der Waals surface area contributed by atoms with Crippen molar-refractivity contribution in [2.75, 3.05) is 6.66 Å². The first-order chi connectivity index (χ1) is 16.3. The third kappa shape index (κ3) is 4.33. The zero-order valence-corrected chi connectivity index (χ0v) is 22.0. The van der Waals surface area contributed by atoms with Crippen molar-refractivity contribution in [2.24, 2.45) is 5.41 Å². The summed E-state index contributed by atoms with van der Waals surface area (Å²) in [6, 6.07) is 7.00. The molecule has 1 aromatic carbocycles. The minimum absolute atomic E-state index is 0.165. The summed E-state index contributed by atoms with van der Waals surface area (Å²) in [6.45, 7) is 15.7. The lowest BCUT2D eigenvalue weighted by molar-refractivity contribution is 0.459. The van der Waals surface area contributed by atoms with E-state index in [1.54, 1.807) is 11.6 Å². The number of fused-ring (bicyclic) bond motifs is 3. The summed E-state index contributed by atoms with van der Waals surface area (Å²) in [6.07, 6.45) is 27.3. The van der Waals surface area contributed by atoms with Crippen LogP contribution in [0.2, 0.25) is 6.82 Å². The van der Waals surface area contributed by atoms with E-state index in [1.807, 2.05) is 19.1 Å². The SMILES string of the molecule is C#C/C=C\C=C1\CC(C)(C)C2=C1C=C1C(=CC2)c2ccc(/C(C=C)=C/C=C\C)cc2B(C)P1C. The molecule has 0 fully saturated rings. The van der Waals surface area contributed by atoms with E-state index in [2.05, 4.69) is 94.5 Å². The van der Waals surface area contributed by atoms with Gasteiger partial charge in [0.05, 0.1) is 0 Å². The lowest BCUT2D eigenvalue weighted by Gasteiger charge is -2.33. The smallest absolute Gasteiger partial charge is 0.115 e. The van der Waals surface area contributed by atoms with Crippen LogP contribution < -0.4 is 5.46 Å². The summed E-state index contributed by atoms with van der Waals surface area (Å²) in [5, 5.41) is 1.53. The Balaban J connectivity index is 1.83. The highest BCUT2D eigenvalue weighted by Gasteiger charge is 2.38. The molecule has 3 aliphatic rings. The van der Waals surface area contributed by atoms with Gasteiger partial charge >= 0.3 is 0 Å². The molecular formula is C32H34BP. The Kier molecular flexibility index (Phi) is 7.02. The molecule has 2 aliphatic carbocycles. The first kappa shape index (κ1) is 24.3. The molecule has 0 aromatic heterocycles. The molecule has 0 N–H and O–H groups in total. The van der Waals surface area contributed by atoms with Crippen LogP contribution in [0.25, 0.3) is 11.1 Å². The average Bonchev–Trinajstić information content (AvgIpc) is 2.95. The summed E-state index contributed by atoms with van der Waals surface area (Å²) in [5.74, 6) is 2.62. The molecule has 1 atom stereocenters. The first-order valence-corrected chi connectivity index (χ1v) is 14.0. The monoisotopic (exact) mass is 460 g/mol. The van der Waals surface area contributed by atoms with Crippen molar-refractivity contribution in [2.45, 2.75) is 40.4 Å². The van der Waals surface area contributed by atoms with E-state index >= 15 is 0 Å². The Morgan fingerprint density at radius 3 is 2.76 bits per heavy atom. The number of terminal acetylenes is 1. The van der Waals surface area contributed by atoms with Gasteiger partial charge in [0.25, 0.3) is 0 Å². The number of hydrogen-bond donors (Lipinski definition) is 0. The molecule has 0 saturated heterocycles. The molecule has 4 rings (SSSR count). The molecule has 2 heteroatoms. The molecule has 1 aromatic rings. The highest BCUT2D eigenvalue weighted by Crippen LogP contribution is 2.58. The Hall–Kier alpha value is -2.81. The normalized spacial score (nSPS) is 22.8. The average molecular weight is 460 g/mol. The fourth-order valence-electron chi connectivity index (χ4n) is 5.47. The van der Waals surface area contributed by atoms with Crippen LogP contribution in [0.5, 0.6) is 0 Å². The third-order valence-corrected chi connectivity index (χ3v) is 10.0. The summed E-state index contributed by atoms with van der Waals surface area (Å²) < 4.78 is 0. The zero-order chi connectivity index (χ0) is 24.5. The van der Waals surface area contributed by atoms with Crippen molar-refractivity contribution < 1.29 is 0 Å². The molecule has 0 amide bonds. The molecular weight excluding hydrogens is 426 g/mol. The topological polar surface area (TPSA) is 0 Å². The minimum atomic E-state index is -0.329. The molecule has 0 saturated carbocycles. The molecule has 0 radical (unpaired) electrons. The van der Waals surface area contributed by atoms with E-state index in [9.17, 15) is 0 Å². The van der Waals surface area contributed by atoms with E-state index in [-0.39, 0.29) is 13.2 Å². The molecule has 1 heterocycles. The van der Waals surface area contributed by atoms with Gasteiger partial charge in [-0.15, -0.1) is 14.2 Å². The summed E-state index contributed by atoms with van der Waals surface area (Å²) in [4.78, 5) is 0. The molecule has 0 bridgehead atoms. The predicted octanol–water partition coefficient (Wildman–Crippen LogP) is 8.30. The number of benzene rings is 1. The van der Waals surface area contributed by atoms with Crippen LogP contribution in [0.3, 0.4) is 0 Å². The third-order valence-electron chi connectivity index (χ3n) is 7.45. The van der Waals surface area contributed by atoms with Crippen LogP contribution >= 0.6 is 7.80 Å². The van der Waals surface area contributed by atoms with Crippen LogP contribution in [0, 0.1) is 17.8 Å². The van der Waals surface area contributed by atoms with E-state index in [0.29, 0.717) is 6.43 Å². The van der Waals surface area contributed by atoms with Crippen molar-refractivity contribution in [3.8, 4) is 12.3 Å². The van der Waals surface area contributed by atoms with Gasteiger partial charge in [0.15, 0.2) is 0 Å². The molecule has 1 unspecified atom stereocenters. The van der Waals surface area contributed by atoms with E-state index < -0.39 is 0 Å². The van der Waals surface area contributed by atoms with E-state index in [4.69, 9.17) is 6.42 Å². The van der Waals surface area contributed by atoms with Crippen LogP contribution in [0.1, 0.15) is 44.7 Å². The fourth-order valence-corrected chi connectivity index (χ4v) is 7.44. The standard InChI is InChI=1S/C32H34BP/c1-8-11-13-15-25-22-32(4,5)29-19-18-27-26-17-16-24(23(10-3)14-12-9-2)20-30(26)33(6)34(7)31(27)21-28(25)29/h1,9-18,20-21H,3,19,22H2,2,4-7H3/b12-9-,13-11-,23-14+,25-15-. The van der Waals surface area contributed by atoms with Gasteiger partial charge in [-0.3, -0.25) is 0 Å². The van der Waals surface area contributed by atoms with Crippen LogP contribution in [-0.4, -0.2) is 13.1 Å². The Labute approximate surface area is 208 Å². The lowest BCUT2D eigenvalue weighted by atomic mass is 9.66. The van der Waals surface area contributed by atoms with Crippen molar-refractivity contribution in [3.05, 3.63) is 113 Å². The number of rotatable bonds is 4. The highest BCUT2D eigenvalue weighted by molar-refractivity contribution is 7.95. The van der Waals surface area contributed by atoms with Crippen molar-refractivity contribution in [3.63, 3.8) is 0 Å². The Morgan fingerprint density at radius 2 is 2.06 bits per heavy atom. The van der Waals surface area contributed by atoms with Crippen molar-refractivity contribution >= 4 is 30.8 Å². The summed E-state index contributed by atoms with van der Waals surface area (Å²) in [5.41, 5.74) is 11.3. The second-order valence-electron chi connectivity index (χ2n) is 9.96. The van der Waals surface area contributed by atoms with Gasteiger partial charge in [-0.1, -0.05) is 105 Å². The van der Waals surface area contributed by atoms with Gasteiger partial charge in [-0.2, -0.15) is 0 Å².